The van der Waals surface area contributed by atoms with Crippen molar-refractivity contribution >= 4 is 34.7 Å². The van der Waals surface area contributed by atoms with Crippen molar-refractivity contribution in [3.05, 3.63) is 77.0 Å². The van der Waals surface area contributed by atoms with Crippen LogP contribution in [0.2, 0.25) is 0 Å². The standard InChI is InChI=1S/C21H18F3N5O2/c1-11-5-6-14(28-19(30)12-3-2-4-13(7-12)21(22,23)24)8-16(11)20(31)29-15-9-17(25)18(26)27-10-15/h2-10H,25H2,1H3,(H2,26,27)(H,28,30)(H,29,31). The molecule has 3 rings (SSSR count). The Morgan fingerprint density at radius 2 is 1.65 bits per heavy atom. The van der Waals surface area contributed by atoms with Gasteiger partial charge in [-0.15, -0.1) is 0 Å². The average Bonchev–Trinajstić information content (AvgIpc) is 2.71. The van der Waals surface area contributed by atoms with E-state index in [0.717, 1.165) is 18.2 Å². The molecule has 0 spiro atoms. The lowest BCUT2D eigenvalue weighted by Crippen LogP contribution is -2.17. The van der Waals surface area contributed by atoms with E-state index >= 15 is 0 Å². The molecule has 0 saturated carbocycles. The van der Waals surface area contributed by atoms with Gasteiger partial charge in [-0.25, -0.2) is 4.98 Å². The summed E-state index contributed by atoms with van der Waals surface area (Å²) in [7, 11) is 0. The minimum Gasteiger partial charge on any atom is -0.396 e. The molecule has 1 heterocycles. The number of aromatic nitrogens is 1. The van der Waals surface area contributed by atoms with Gasteiger partial charge in [0.2, 0.25) is 0 Å². The molecule has 0 aliphatic rings. The first-order valence-corrected chi connectivity index (χ1v) is 8.96. The molecule has 0 saturated heterocycles. The first-order chi connectivity index (χ1) is 14.5. The van der Waals surface area contributed by atoms with Crippen LogP contribution in [-0.2, 0) is 6.18 Å². The van der Waals surface area contributed by atoms with Crippen molar-refractivity contribution in [2.45, 2.75) is 13.1 Å². The molecule has 31 heavy (non-hydrogen) atoms. The molecule has 160 valence electrons. The van der Waals surface area contributed by atoms with Crippen LogP contribution < -0.4 is 22.1 Å². The fourth-order valence-corrected chi connectivity index (χ4v) is 2.74. The van der Waals surface area contributed by atoms with Crippen molar-refractivity contribution in [1.29, 1.82) is 0 Å². The second-order valence-corrected chi connectivity index (χ2v) is 6.71. The summed E-state index contributed by atoms with van der Waals surface area (Å²) in [5, 5.41) is 5.13. The van der Waals surface area contributed by atoms with Gasteiger partial charge in [0.1, 0.15) is 5.82 Å². The summed E-state index contributed by atoms with van der Waals surface area (Å²) in [6, 6.07) is 10.1. The number of hydrogen-bond acceptors (Lipinski definition) is 5. The van der Waals surface area contributed by atoms with E-state index < -0.39 is 23.6 Å². The third kappa shape index (κ3) is 5.10. The van der Waals surface area contributed by atoms with Crippen molar-refractivity contribution in [1.82, 2.24) is 4.98 Å². The number of nitrogens with two attached hydrogens (primary N) is 2. The number of amides is 2. The maximum absolute atomic E-state index is 12.9. The normalized spacial score (nSPS) is 11.1. The number of alkyl halides is 3. The Labute approximate surface area is 175 Å². The number of rotatable bonds is 4. The molecule has 10 heteroatoms. The van der Waals surface area contributed by atoms with Crippen LogP contribution in [0.1, 0.15) is 31.8 Å². The van der Waals surface area contributed by atoms with Gasteiger partial charge < -0.3 is 22.1 Å². The highest BCUT2D eigenvalue weighted by atomic mass is 19.4. The zero-order valence-electron chi connectivity index (χ0n) is 16.2. The summed E-state index contributed by atoms with van der Waals surface area (Å²) in [6.07, 6.45) is -3.22. The van der Waals surface area contributed by atoms with Gasteiger partial charge in [0, 0.05) is 16.8 Å². The van der Waals surface area contributed by atoms with Gasteiger partial charge in [-0.05, 0) is 48.9 Å². The van der Waals surface area contributed by atoms with E-state index in [1.807, 2.05) is 0 Å². The van der Waals surface area contributed by atoms with E-state index in [-0.39, 0.29) is 28.3 Å². The summed E-state index contributed by atoms with van der Waals surface area (Å²) < 4.78 is 38.6. The summed E-state index contributed by atoms with van der Waals surface area (Å²) in [6.45, 7) is 1.70. The third-order valence-corrected chi connectivity index (χ3v) is 4.40. The number of nitrogen functional groups attached to an aromatic ring is 2. The number of aryl methyl sites for hydroxylation is 1. The van der Waals surface area contributed by atoms with Gasteiger partial charge in [-0.2, -0.15) is 13.2 Å². The van der Waals surface area contributed by atoms with Crippen LogP contribution >= 0.6 is 0 Å². The SMILES string of the molecule is Cc1ccc(NC(=O)c2cccc(C(F)(F)F)c2)cc1C(=O)Nc1cnc(N)c(N)c1. The maximum atomic E-state index is 12.9. The van der Waals surface area contributed by atoms with E-state index in [2.05, 4.69) is 15.6 Å². The molecule has 0 radical (unpaired) electrons. The molecule has 0 bridgehead atoms. The Kier molecular flexibility index (Phi) is 5.82. The number of hydrogen-bond donors (Lipinski definition) is 4. The first kappa shape index (κ1) is 21.6. The van der Waals surface area contributed by atoms with Crippen LogP contribution in [0.4, 0.5) is 36.1 Å². The van der Waals surface area contributed by atoms with Crippen LogP contribution in [0.3, 0.4) is 0 Å². The number of halogens is 3. The summed E-state index contributed by atoms with van der Waals surface area (Å²) in [5.41, 5.74) is 11.8. The van der Waals surface area contributed by atoms with Crippen LogP contribution in [0, 0.1) is 6.92 Å². The monoisotopic (exact) mass is 429 g/mol. The molecule has 7 nitrogen and oxygen atoms in total. The first-order valence-electron chi connectivity index (χ1n) is 8.96. The van der Waals surface area contributed by atoms with Crippen molar-refractivity contribution in [3.63, 3.8) is 0 Å². The second kappa shape index (κ2) is 8.34. The average molecular weight is 429 g/mol. The Balaban J connectivity index is 1.80. The molecule has 0 atom stereocenters. The highest BCUT2D eigenvalue weighted by molar-refractivity contribution is 6.08. The van der Waals surface area contributed by atoms with Gasteiger partial charge >= 0.3 is 6.18 Å². The highest BCUT2D eigenvalue weighted by Gasteiger charge is 2.30. The molecule has 0 aliphatic heterocycles. The predicted octanol–water partition coefficient (Wildman–Crippen LogP) is 4.08. The molecular formula is C21H18F3N5O2. The molecule has 2 amide bonds. The molecule has 2 aromatic carbocycles. The lowest BCUT2D eigenvalue weighted by molar-refractivity contribution is -0.137. The zero-order valence-corrected chi connectivity index (χ0v) is 16.2. The Morgan fingerprint density at radius 3 is 2.32 bits per heavy atom. The van der Waals surface area contributed by atoms with Gasteiger partial charge in [0.15, 0.2) is 0 Å². The Morgan fingerprint density at radius 1 is 0.935 bits per heavy atom. The quantitative estimate of drug-likeness (QED) is 0.498. The van der Waals surface area contributed by atoms with E-state index in [9.17, 15) is 22.8 Å². The second-order valence-electron chi connectivity index (χ2n) is 6.71. The number of carbonyl (C=O) groups is 2. The number of benzene rings is 2. The van der Waals surface area contributed by atoms with Crippen LogP contribution in [0.5, 0.6) is 0 Å². The van der Waals surface area contributed by atoms with Crippen molar-refractivity contribution in [3.8, 4) is 0 Å². The minimum atomic E-state index is -4.56. The Bertz CT molecular complexity index is 1160. The van der Waals surface area contributed by atoms with Gasteiger partial charge in [0.25, 0.3) is 11.8 Å². The minimum absolute atomic E-state index is 0.133. The van der Waals surface area contributed by atoms with E-state index in [1.54, 1.807) is 19.1 Å². The highest BCUT2D eigenvalue weighted by Crippen LogP contribution is 2.29. The maximum Gasteiger partial charge on any atom is 0.416 e. The third-order valence-electron chi connectivity index (χ3n) is 4.40. The van der Waals surface area contributed by atoms with Gasteiger partial charge in [-0.3, -0.25) is 9.59 Å². The van der Waals surface area contributed by atoms with E-state index in [1.165, 1.54) is 24.4 Å². The van der Waals surface area contributed by atoms with E-state index in [4.69, 9.17) is 11.5 Å². The lowest BCUT2D eigenvalue weighted by atomic mass is 10.1. The van der Waals surface area contributed by atoms with Crippen molar-refractivity contribution < 1.29 is 22.8 Å². The number of anilines is 4. The van der Waals surface area contributed by atoms with Crippen LogP contribution in [0.25, 0.3) is 0 Å². The summed E-state index contributed by atoms with van der Waals surface area (Å²) >= 11 is 0. The molecular weight excluding hydrogens is 411 g/mol. The molecule has 0 unspecified atom stereocenters. The smallest absolute Gasteiger partial charge is 0.396 e. The van der Waals surface area contributed by atoms with Crippen molar-refractivity contribution in [2.75, 3.05) is 22.1 Å². The molecule has 3 aromatic rings. The lowest BCUT2D eigenvalue weighted by Gasteiger charge is -2.12. The zero-order chi connectivity index (χ0) is 22.8. The molecule has 6 N–H and O–H groups in total. The summed E-state index contributed by atoms with van der Waals surface area (Å²) in [5.74, 6) is -1.09. The van der Waals surface area contributed by atoms with E-state index in [0.29, 0.717) is 11.3 Å². The molecule has 0 aliphatic carbocycles. The van der Waals surface area contributed by atoms with Crippen LogP contribution in [0.15, 0.2) is 54.7 Å². The number of carbonyl (C=O) groups excluding carboxylic acids is 2. The fourth-order valence-electron chi connectivity index (χ4n) is 2.74. The number of nitrogens with one attached hydrogen (secondary N) is 2. The van der Waals surface area contributed by atoms with Crippen molar-refractivity contribution in [2.24, 2.45) is 0 Å². The van der Waals surface area contributed by atoms with Crippen LogP contribution in [-0.4, -0.2) is 16.8 Å². The largest absolute Gasteiger partial charge is 0.416 e. The van der Waals surface area contributed by atoms with Gasteiger partial charge in [-0.1, -0.05) is 12.1 Å². The number of pyridine rings is 1. The molecule has 1 aromatic heterocycles. The van der Waals surface area contributed by atoms with Gasteiger partial charge in [0.05, 0.1) is 23.1 Å². The summed E-state index contributed by atoms with van der Waals surface area (Å²) in [4.78, 5) is 28.9. The predicted molar refractivity (Wildman–Crippen MR) is 112 cm³/mol. The fraction of sp³-hybridized carbons (Fsp3) is 0.0952. The molecule has 0 fully saturated rings. The Hall–Kier alpha value is -4.08. The number of nitrogens with zero attached hydrogens (tertiary/aromatic N) is 1. The topological polar surface area (TPSA) is 123 Å².